The number of rotatable bonds is 12. The molecule has 4 aliphatic rings. The summed E-state index contributed by atoms with van der Waals surface area (Å²) in [5.41, 5.74) is -0.665. The molecular formula is C45H63ClN4O11. The normalized spacial score (nSPS) is 31.3. The third kappa shape index (κ3) is 11.0. The number of amides is 5. The van der Waals surface area contributed by atoms with E-state index in [9.17, 15) is 33.9 Å². The number of allylic oxidation sites excluding steroid dienone is 3. The van der Waals surface area contributed by atoms with E-state index < -0.39 is 65.5 Å². The summed E-state index contributed by atoms with van der Waals surface area (Å²) >= 11 is 6.79. The Morgan fingerprint density at radius 3 is 2.43 bits per heavy atom. The lowest BCUT2D eigenvalue weighted by molar-refractivity contribution is -0.162. The minimum absolute atomic E-state index is 0.0458. The summed E-state index contributed by atoms with van der Waals surface area (Å²) in [6.07, 6.45) is 6.59. The highest BCUT2D eigenvalue weighted by Crippen LogP contribution is 2.49. The Labute approximate surface area is 364 Å². The van der Waals surface area contributed by atoms with E-state index in [0.29, 0.717) is 37.2 Å². The maximum atomic E-state index is 14.2. The van der Waals surface area contributed by atoms with Crippen LogP contribution >= 0.6 is 11.6 Å². The number of hydrogen-bond donors (Lipinski definition) is 2. The number of carbonyl (C=O) groups excluding carboxylic acids is 6. The number of anilines is 1. The van der Waals surface area contributed by atoms with Gasteiger partial charge in [0.2, 0.25) is 23.6 Å². The van der Waals surface area contributed by atoms with E-state index in [4.69, 9.17) is 30.5 Å². The number of alkyl carbamates (subject to hydrolysis) is 1. The number of ether oxygens (including phenoxy) is 4. The van der Waals surface area contributed by atoms with Crippen LogP contribution < -0.4 is 15.0 Å². The van der Waals surface area contributed by atoms with Crippen LogP contribution in [0.3, 0.4) is 0 Å². The number of esters is 1. The first-order valence-corrected chi connectivity index (χ1v) is 21.7. The predicted octanol–water partition coefficient (Wildman–Crippen LogP) is 5.87. The first-order valence-electron chi connectivity index (χ1n) is 21.4. The van der Waals surface area contributed by atoms with Gasteiger partial charge in [0.25, 0.3) is 0 Å². The number of carbonyl (C=O) groups is 6. The number of likely N-dealkylation sites (tertiary alicyclic amines) is 1. The van der Waals surface area contributed by atoms with Crippen molar-refractivity contribution in [3.05, 3.63) is 46.5 Å². The summed E-state index contributed by atoms with van der Waals surface area (Å²) in [7, 11) is 4.61. The number of nitrogens with zero attached hydrogens (tertiary/aromatic N) is 3. The van der Waals surface area contributed by atoms with E-state index in [0.717, 1.165) is 30.4 Å². The number of fused-ring (bicyclic) bond motifs is 5. The van der Waals surface area contributed by atoms with Crippen LogP contribution in [0.15, 0.2) is 35.9 Å². The van der Waals surface area contributed by atoms with Crippen molar-refractivity contribution < 1.29 is 52.8 Å². The zero-order chi connectivity index (χ0) is 45.0. The molecule has 5 amide bonds. The summed E-state index contributed by atoms with van der Waals surface area (Å²) in [6.45, 7) is 11.0. The lowest BCUT2D eigenvalue weighted by Gasteiger charge is -2.41. The Bertz CT molecular complexity index is 1920. The second kappa shape index (κ2) is 19.7. The van der Waals surface area contributed by atoms with Crippen molar-refractivity contribution >= 4 is 53.0 Å². The number of methoxy groups -OCH3 is 1. The van der Waals surface area contributed by atoms with Gasteiger partial charge < -0.3 is 33.9 Å². The molecule has 9 atom stereocenters. The molecule has 0 spiro atoms. The Morgan fingerprint density at radius 1 is 1.07 bits per heavy atom. The second-order valence-corrected chi connectivity index (χ2v) is 17.9. The monoisotopic (exact) mass is 870 g/mol. The lowest BCUT2D eigenvalue weighted by atomic mass is 9.82. The van der Waals surface area contributed by atoms with Crippen molar-refractivity contribution in [3.63, 3.8) is 0 Å². The Morgan fingerprint density at radius 2 is 1.75 bits per heavy atom. The topological polar surface area (TPSA) is 185 Å². The van der Waals surface area contributed by atoms with Crippen LogP contribution in [0.25, 0.3) is 0 Å². The predicted molar refractivity (Wildman–Crippen MR) is 228 cm³/mol. The number of hydrogen-bond acceptors (Lipinski definition) is 11. The van der Waals surface area contributed by atoms with Gasteiger partial charge in [0, 0.05) is 57.7 Å². The van der Waals surface area contributed by atoms with Gasteiger partial charge in [-0.15, -0.1) is 0 Å². The highest BCUT2D eigenvalue weighted by atomic mass is 35.5. The number of likely N-dealkylation sites (N-methyl/N-ethyl adjacent to an activating group) is 1. The van der Waals surface area contributed by atoms with Gasteiger partial charge in [-0.2, -0.15) is 0 Å². The van der Waals surface area contributed by atoms with Crippen molar-refractivity contribution in [1.82, 2.24) is 15.1 Å². The van der Waals surface area contributed by atoms with Crippen molar-refractivity contribution in [3.8, 4) is 5.75 Å². The Hall–Kier alpha value is -4.47. The molecule has 1 aromatic carbocycles. The number of aliphatic hydroxyl groups is 1. The quantitative estimate of drug-likeness (QED) is 0.111. The fraction of sp³-hybridized carbons (Fsp3) is 0.644. The summed E-state index contributed by atoms with van der Waals surface area (Å²) in [5, 5.41) is 14.5. The third-order valence-electron chi connectivity index (χ3n) is 12.9. The molecule has 0 saturated carbocycles. The largest absolute Gasteiger partial charge is 0.495 e. The molecule has 15 nitrogen and oxygen atoms in total. The summed E-state index contributed by atoms with van der Waals surface area (Å²) < 4.78 is 23.7. The molecule has 4 heterocycles. The van der Waals surface area contributed by atoms with Crippen LogP contribution in [0.4, 0.5) is 10.5 Å². The molecule has 61 heavy (non-hydrogen) atoms. The second-order valence-electron chi connectivity index (χ2n) is 17.5. The summed E-state index contributed by atoms with van der Waals surface area (Å²) in [4.78, 5) is 82.6. The molecule has 2 N–H and O–H groups in total. The van der Waals surface area contributed by atoms with Crippen LogP contribution in [0.2, 0.25) is 5.02 Å². The average Bonchev–Trinajstić information content (AvgIpc) is 3.84. The molecule has 0 aliphatic carbocycles. The molecule has 5 rings (SSSR count). The Kier molecular flexibility index (Phi) is 15.4. The zero-order valence-corrected chi connectivity index (χ0v) is 37.7. The van der Waals surface area contributed by atoms with Crippen LogP contribution in [-0.4, -0.2) is 114 Å². The SMILES string of the molecule is COc1cc2cc(c1Cl)N(C)C(=O)CC(OC(=O)[C@H](C)N(C)C(=O)CCCCCCCN1C(=O)CC(C)C1=O)C1(C)OC1C(C)C1CC(O)(NC(=O)O1)C(C)/C=C/C=C(\C)C2. The lowest BCUT2D eigenvalue weighted by Crippen LogP contribution is -2.60. The minimum Gasteiger partial charge on any atom is -0.495 e. The van der Waals surface area contributed by atoms with Gasteiger partial charge in [-0.05, 0) is 57.7 Å². The first-order chi connectivity index (χ1) is 28.7. The van der Waals surface area contributed by atoms with Crippen molar-refractivity contribution in [1.29, 1.82) is 0 Å². The number of imide groups is 1. The summed E-state index contributed by atoms with van der Waals surface area (Å²) in [5.74, 6) is -2.54. The molecule has 4 bridgehead atoms. The number of nitrogens with one attached hydrogen (secondary N) is 1. The standard InChI is InChI=1S/C45H63ClN4O11/c1-26-16-15-17-28(3)45(57)25-34(59-43(56)47-45)29(4)40-44(6,61-40)35(24-37(52)49(8)32-22-31(20-26)23-33(58-9)39(32)46)60-42(55)30(5)48(7)36(51)18-13-11-10-12-14-19-50-38(53)21-27(2)41(50)54/h15-17,22-23,27-30,34-35,40,57H,10-14,18-21,24-25H2,1-9H3,(H,47,56)/b17-15+,26-16+/t27?,28?,29?,30-,34?,35?,40?,44?,45?/m0/s1. The third-order valence-corrected chi connectivity index (χ3v) is 13.3. The van der Waals surface area contributed by atoms with Crippen LogP contribution in [0, 0.1) is 17.8 Å². The van der Waals surface area contributed by atoms with Gasteiger partial charge in [-0.25, -0.2) is 9.59 Å². The number of unbranched alkanes of at least 4 members (excludes halogenated alkanes) is 4. The average molecular weight is 871 g/mol. The highest BCUT2D eigenvalue weighted by Gasteiger charge is 2.64. The highest BCUT2D eigenvalue weighted by molar-refractivity contribution is 6.35. The van der Waals surface area contributed by atoms with Gasteiger partial charge in [-0.3, -0.25) is 29.4 Å². The fourth-order valence-electron chi connectivity index (χ4n) is 8.46. The van der Waals surface area contributed by atoms with Crippen LogP contribution in [0.5, 0.6) is 5.75 Å². The molecule has 8 unspecified atom stereocenters. The van der Waals surface area contributed by atoms with Gasteiger partial charge in [0.1, 0.15) is 40.3 Å². The zero-order valence-electron chi connectivity index (χ0n) is 37.0. The Balaban J connectivity index is 1.31. The van der Waals surface area contributed by atoms with E-state index in [1.165, 1.54) is 28.9 Å². The van der Waals surface area contributed by atoms with E-state index in [1.807, 2.05) is 38.1 Å². The minimum atomic E-state index is -1.63. The van der Waals surface area contributed by atoms with E-state index in [1.54, 1.807) is 40.8 Å². The fourth-order valence-corrected chi connectivity index (χ4v) is 8.77. The molecule has 336 valence electrons. The maximum absolute atomic E-state index is 14.2. The van der Waals surface area contributed by atoms with Crippen LogP contribution in [0.1, 0.15) is 105 Å². The van der Waals surface area contributed by atoms with Gasteiger partial charge in [0.15, 0.2) is 0 Å². The molecule has 3 fully saturated rings. The first kappa shape index (κ1) is 47.6. The smallest absolute Gasteiger partial charge is 0.409 e. The van der Waals surface area contributed by atoms with Crippen molar-refractivity contribution in [2.75, 3.05) is 32.6 Å². The van der Waals surface area contributed by atoms with Gasteiger partial charge >= 0.3 is 12.1 Å². The molecule has 0 aromatic heterocycles. The molecule has 1 aromatic rings. The van der Waals surface area contributed by atoms with E-state index in [2.05, 4.69) is 5.32 Å². The number of benzene rings is 1. The molecule has 3 saturated heterocycles. The number of halogens is 1. The van der Waals surface area contributed by atoms with Gasteiger partial charge in [0.05, 0.1) is 25.3 Å². The van der Waals surface area contributed by atoms with E-state index in [-0.39, 0.29) is 54.3 Å². The number of epoxide rings is 1. The van der Waals surface area contributed by atoms with Crippen molar-refractivity contribution in [2.24, 2.45) is 17.8 Å². The maximum Gasteiger partial charge on any atom is 0.409 e. The molecule has 0 radical (unpaired) electrons. The molecule has 16 heteroatoms. The molecular weight excluding hydrogens is 808 g/mol. The van der Waals surface area contributed by atoms with Crippen molar-refractivity contribution in [2.45, 2.75) is 141 Å². The van der Waals surface area contributed by atoms with E-state index >= 15 is 0 Å². The summed E-state index contributed by atoms with van der Waals surface area (Å²) in [6, 6.07) is 2.61. The van der Waals surface area contributed by atoms with Crippen LogP contribution in [-0.2, 0) is 44.6 Å². The molecule has 4 aliphatic heterocycles. The van der Waals surface area contributed by atoms with Gasteiger partial charge in [-0.1, -0.05) is 75.4 Å².